The van der Waals surface area contributed by atoms with Crippen molar-refractivity contribution in [3.05, 3.63) is 34.1 Å². The first-order valence-electron chi connectivity index (χ1n) is 6.11. The summed E-state index contributed by atoms with van der Waals surface area (Å²) < 4.78 is 1.61. The van der Waals surface area contributed by atoms with E-state index in [9.17, 15) is 0 Å². The first-order chi connectivity index (χ1) is 9.15. The fraction of sp³-hybridized carbons (Fsp3) is 0.417. The van der Waals surface area contributed by atoms with Crippen LogP contribution in [0.5, 0.6) is 0 Å². The van der Waals surface area contributed by atoms with Gasteiger partial charge in [-0.3, -0.25) is 0 Å². The molecule has 0 amide bonds. The van der Waals surface area contributed by atoms with Crippen molar-refractivity contribution in [1.29, 1.82) is 0 Å². The molecule has 19 heavy (non-hydrogen) atoms. The van der Waals surface area contributed by atoms with Crippen LogP contribution < -0.4 is 5.32 Å². The minimum atomic E-state index is 0.0324. The van der Waals surface area contributed by atoms with E-state index >= 15 is 0 Å². The lowest BCUT2D eigenvalue weighted by Gasteiger charge is -2.13. The Morgan fingerprint density at radius 1 is 1.37 bits per heavy atom. The fourth-order valence-electron chi connectivity index (χ4n) is 1.74. The first-order valence-corrected chi connectivity index (χ1v) is 6.86. The van der Waals surface area contributed by atoms with E-state index in [4.69, 9.17) is 23.2 Å². The highest BCUT2D eigenvalue weighted by molar-refractivity contribution is 6.43. The molecule has 0 spiro atoms. The highest BCUT2D eigenvalue weighted by Gasteiger charge is 2.17. The van der Waals surface area contributed by atoms with Gasteiger partial charge >= 0.3 is 0 Å². The van der Waals surface area contributed by atoms with Gasteiger partial charge in [-0.25, -0.2) is 0 Å². The smallest absolute Gasteiger partial charge is 0.173 e. The van der Waals surface area contributed by atoms with Crippen LogP contribution in [0, 0.1) is 0 Å². The van der Waals surface area contributed by atoms with E-state index < -0.39 is 0 Å². The van der Waals surface area contributed by atoms with E-state index in [-0.39, 0.29) is 6.04 Å². The van der Waals surface area contributed by atoms with Crippen molar-refractivity contribution >= 4 is 23.2 Å². The van der Waals surface area contributed by atoms with Crippen molar-refractivity contribution in [3.63, 3.8) is 0 Å². The van der Waals surface area contributed by atoms with E-state index in [0.717, 1.165) is 13.0 Å². The number of tetrazole rings is 1. The molecule has 0 aliphatic carbocycles. The third-order valence-corrected chi connectivity index (χ3v) is 3.55. The van der Waals surface area contributed by atoms with E-state index in [0.29, 0.717) is 21.6 Å². The summed E-state index contributed by atoms with van der Waals surface area (Å²) in [4.78, 5) is 0. The molecule has 0 saturated carbocycles. The van der Waals surface area contributed by atoms with Crippen LogP contribution in [0.4, 0.5) is 0 Å². The summed E-state index contributed by atoms with van der Waals surface area (Å²) in [6.07, 6.45) is 1.05. The molecular weight excluding hydrogens is 285 g/mol. The zero-order chi connectivity index (χ0) is 13.8. The van der Waals surface area contributed by atoms with Gasteiger partial charge in [-0.05, 0) is 42.4 Å². The standard InChI is InChI=1S/C12H15Cl2N5/c1-3-7-15-8(2)12-16-17-18-19(12)10-6-4-5-9(13)11(10)14/h4-6,8,15H,3,7H2,1-2H3. The van der Waals surface area contributed by atoms with Gasteiger partial charge < -0.3 is 5.32 Å². The van der Waals surface area contributed by atoms with Crippen LogP contribution in [0.3, 0.4) is 0 Å². The van der Waals surface area contributed by atoms with Gasteiger partial charge in [-0.2, -0.15) is 4.68 Å². The predicted molar refractivity (Wildman–Crippen MR) is 75.9 cm³/mol. The number of benzene rings is 1. The molecule has 1 atom stereocenters. The van der Waals surface area contributed by atoms with Gasteiger partial charge in [0.2, 0.25) is 0 Å². The summed E-state index contributed by atoms with van der Waals surface area (Å²) in [6, 6.07) is 5.42. The molecule has 1 unspecified atom stereocenters. The normalized spacial score (nSPS) is 12.6. The molecule has 102 valence electrons. The molecule has 0 fully saturated rings. The molecule has 0 aliphatic rings. The third-order valence-electron chi connectivity index (χ3n) is 2.74. The summed E-state index contributed by atoms with van der Waals surface area (Å²) in [5, 5.41) is 16.0. The van der Waals surface area contributed by atoms with Crippen molar-refractivity contribution < 1.29 is 0 Å². The van der Waals surface area contributed by atoms with Crippen LogP contribution in [0.2, 0.25) is 10.0 Å². The average Bonchev–Trinajstić information content (AvgIpc) is 2.88. The summed E-state index contributed by atoms with van der Waals surface area (Å²) in [6.45, 7) is 5.02. The molecule has 1 N–H and O–H groups in total. The molecule has 1 heterocycles. The Morgan fingerprint density at radius 2 is 2.16 bits per heavy atom. The molecule has 1 aromatic heterocycles. The minimum absolute atomic E-state index is 0.0324. The van der Waals surface area contributed by atoms with Gasteiger partial charge in [0.05, 0.1) is 21.8 Å². The second-order valence-electron chi connectivity index (χ2n) is 4.20. The number of aromatic nitrogens is 4. The van der Waals surface area contributed by atoms with Gasteiger partial charge in [0, 0.05) is 0 Å². The Bertz CT molecular complexity index is 555. The largest absolute Gasteiger partial charge is 0.307 e. The Labute approximate surface area is 121 Å². The van der Waals surface area contributed by atoms with Crippen LogP contribution in [0.1, 0.15) is 32.1 Å². The zero-order valence-corrected chi connectivity index (χ0v) is 12.3. The molecule has 1 aromatic carbocycles. The zero-order valence-electron chi connectivity index (χ0n) is 10.8. The second kappa shape index (κ2) is 6.32. The Kier molecular flexibility index (Phi) is 4.74. The van der Waals surface area contributed by atoms with Gasteiger partial charge in [0.25, 0.3) is 0 Å². The van der Waals surface area contributed by atoms with E-state index in [1.54, 1.807) is 10.7 Å². The number of nitrogens with zero attached hydrogens (tertiary/aromatic N) is 4. The third kappa shape index (κ3) is 3.05. The van der Waals surface area contributed by atoms with Gasteiger partial charge in [-0.1, -0.05) is 36.2 Å². The maximum Gasteiger partial charge on any atom is 0.173 e. The number of hydrogen-bond donors (Lipinski definition) is 1. The van der Waals surface area contributed by atoms with Crippen LogP contribution in [0.15, 0.2) is 18.2 Å². The number of halogens is 2. The maximum absolute atomic E-state index is 6.20. The minimum Gasteiger partial charge on any atom is -0.307 e. The molecule has 7 heteroatoms. The van der Waals surface area contributed by atoms with Crippen molar-refractivity contribution in [3.8, 4) is 5.69 Å². The predicted octanol–water partition coefficient (Wildman–Crippen LogP) is 3.03. The van der Waals surface area contributed by atoms with Crippen LogP contribution >= 0.6 is 23.2 Å². The summed E-state index contributed by atoms with van der Waals surface area (Å²) in [5.74, 6) is 0.706. The molecule has 5 nitrogen and oxygen atoms in total. The van der Waals surface area contributed by atoms with E-state index in [1.807, 2.05) is 19.1 Å². The summed E-state index contributed by atoms with van der Waals surface area (Å²) in [7, 11) is 0. The van der Waals surface area contributed by atoms with Crippen molar-refractivity contribution in [2.45, 2.75) is 26.3 Å². The number of hydrogen-bond acceptors (Lipinski definition) is 4. The molecule has 2 rings (SSSR count). The van der Waals surface area contributed by atoms with E-state index in [2.05, 4.69) is 27.8 Å². The molecule has 0 bridgehead atoms. The maximum atomic E-state index is 6.20. The van der Waals surface area contributed by atoms with Crippen LogP contribution in [-0.4, -0.2) is 26.8 Å². The lowest BCUT2D eigenvalue weighted by Crippen LogP contribution is -2.22. The highest BCUT2D eigenvalue weighted by atomic mass is 35.5. The van der Waals surface area contributed by atoms with Crippen molar-refractivity contribution in [2.75, 3.05) is 6.54 Å². The molecule has 0 radical (unpaired) electrons. The van der Waals surface area contributed by atoms with E-state index in [1.165, 1.54) is 0 Å². The van der Waals surface area contributed by atoms with Crippen LogP contribution in [0.25, 0.3) is 5.69 Å². The highest BCUT2D eigenvalue weighted by Crippen LogP contribution is 2.29. The summed E-state index contributed by atoms with van der Waals surface area (Å²) >= 11 is 12.2. The van der Waals surface area contributed by atoms with Gasteiger partial charge in [0.1, 0.15) is 0 Å². The topological polar surface area (TPSA) is 55.6 Å². The lowest BCUT2D eigenvalue weighted by molar-refractivity contribution is 0.531. The first kappa shape index (κ1) is 14.2. The van der Waals surface area contributed by atoms with Gasteiger partial charge in [0.15, 0.2) is 5.82 Å². The quantitative estimate of drug-likeness (QED) is 0.922. The fourth-order valence-corrected chi connectivity index (χ4v) is 2.12. The van der Waals surface area contributed by atoms with Crippen molar-refractivity contribution in [1.82, 2.24) is 25.5 Å². The SMILES string of the molecule is CCCNC(C)c1nnnn1-c1cccc(Cl)c1Cl. The molecule has 2 aromatic rings. The van der Waals surface area contributed by atoms with Crippen LogP contribution in [-0.2, 0) is 0 Å². The monoisotopic (exact) mass is 299 g/mol. The Morgan fingerprint density at radius 3 is 2.89 bits per heavy atom. The molecular formula is C12H15Cl2N5. The lowest BCUT2D eigenvalue weighted by atomic mass is 10.2. The van der Waals surface area contributed by atoms with Gasteiger partial charge in [-0.15, -0.1) is 5.10 Å². The molecule has 0 aliphatic heterocycles. The molecule has 0 saturated heterocycles. The Hall–Kier alpha value is -1.17. The number of nitrogens with one attached hydrogen (secondary N) is 1. The second-order valence-corrected chi connectivity index (χ2v) is 4.98. The Balaban J connectivity index is 2.36. The average molecular weight is 300 g/mol. The number of rotatable bonds is 5. The van der Waals surface area contributed by atoms with Crippen molar-refractivity contribution in [2.24, 2.45) is 0 Å². The summed E-state index contributed by atoms with van der Waals surface area (Å²) in [5.41, 5.74) is 0.680.